The van der Waals surface area contributed by atoms with Crippen molar-refractivity contribution in [3.05, 3.63) is 0 Å². The van der Waals surface area contributed by atoms with Crippen LogP contribution in [0.25, 0.3) is 0 Å². The maximum absolute atomic E-state index is 12.5. The van der Waals surface area contributed by atoms with E-state index < -0.39 is 11.6 Å². The van der Waals surface area contributed by atoms with Crippen LogP contribution in [0.2, 0.25) is 0 Å². The summed E-state index contributed by atoms with van der Waals surface area (Å²) in [7, 11) is 0. The lowest BCUT2D eigenvalue weighted by atomic mass is 9.98. The largest absolute Gasteiger partial charge is 0.464 e. The lowest BCUT2D eigenvalue weighted by Crippen LogP contribution is -2.53. The predicted molar refractivity (Wildman–Crippen MR) is 90.2 cm³/mol. The summed E-state index contributed by atoms with van der Waals surface area (Å²) in [5, 5.41) is 2.78. The Morgan fingerprint density at radius 1 is 1.13 bits per heavy atom. The van der Waals surface area contributed by atoms with E-state index in [9.17, 15) is 9.59 Å². The lowest BCUT2D eigenvalue weighted by Gasteiger charge is -2.28. The van der Waals surface area contributed by atoms with E-state index in [1.165, 1.54) is 0 Å². The Morgan fingerprint density at radius 3 is 2.26 bits per heavy atom. The Kier molecular flexibility index (Phi) is 7.36. The highest BCUT2D eigenvalue weighted by Crippen LogP contribution is 2.31. The molecular formula is C18H33NO4. The van der Waals surface area contributed by atoms with Crippen LogP contribution in [0.15, 0.2) is 0 Å². The van der Waals surface area contributed by atoms with Gasteiger partial charge in [-0.1, -0.05) is 47.5 Å². The molecule has 0 spiro atoms. The number of carbonyl (C=O) groups excluding carboxylic acids is 2. The third-order valence-corrected chi connectivity index (χ3v) is 3.98. The molecule has 0 radical (unpaired) electrons. The maximum atomic E-state index is 12.5. The fraction of sp³-hybridized carbons (Fsp3) is 0.889. The normalized spacial score (nSPS) is 17.1. The monoisotopic (exact) mass is 327 g/mol. The van der Waals surface area contributed by atoms with Crippen molar-refractivity contribution in [2.24, 2.45) is 11.3 Å². The van der Waals surface area contributed by atoms with E-state index in [0.717, 1.165) is 25.7 Å². The quantitative estimate of drug-likeness (QED) is 0.566. The molecule has 0 aromatic heterocycles. The highest BCUT2D eigenvalue weighted by Gasteiger charge is 2.44. The first-order valence-corrected chi connectivity index (χ1v) is 8.77. The number of nitrogens with one attached hydrogen (secondary N) is 1. The number of esters is 1. The van der Waals surface area contributed by atoms with E-state index in [1.54, 1.807) is 0 Å². The molecule has 1 amide bonds. The van der Waals surface area contributed by atoms with Crippen LogP contribution >= 0.6 is 0 Å². The minimum Gasteiger partial charge on any atom is -0.464 e. The zero-order valence-electron chi connectivity index (χ0n) is 15.4. The van der Waals surface area contributed by atoms with Crippen molar-refractivity contribution in [3.8, 4) is 0 Å². The summed E-state index contributed by atoms with van der Waals surface area (Å²) in [6.45, 7) is 11.0. The number of ether oxygens (including phenoxy) is 2. The van der Waals surface area contributed by atoms with Gasteiger partial charge >= 0.3 is 12.1 Å². The number of rotatable bonds is 7. The average Bonchev–Trinajstić information content (AvgIpc) is 2.90. The molecule has 1 rings (SSSR count). The topological polar surface area (TPSA) is 64.6 Å². The lowest BCUT2D eigenvalue weighted by molar-refractivity contribution is -0.151. The molecule has 134 valence electrons. The third-order valence-electron chi connectivity index (χ3n) is 3.98. The third kappa shape index (κ3) is 7.23. The molecule has 5 heteroatoms. The first kappa shape index (κ1) is 19.8. The molecule has 0 heterocycles. The summed E-state index contributed by atoms with van der Waals surface area (Å²) in [5.41, 5.74) is -0.996. The second-order valence-electron chi connectivity index (χ2n) is 8.22. The van der Waals surface area contributed by atoms with Crippen LogP contribution in [0, 0.1) is 11.3 Å². The van der Waals surface area contributed by atoms with Crippen molar-refractivity contribution in [2.75, 3.05) is 13.2 Å². The van der Waals surface area contributed by atoms with E-state index in [0.29, 0.717) is 32.0 Å². The van der Waals surface area contributed by atoms with Gasteiger partial charge in [0.25, 0.3) is 0 Å². The molecule has 1 fully saturated rings. The summed E-state index contributed by atoms with van der Waals surface area (Å²) >= 11 is 0. The van der Waals surface area contributed by atoms with Crippen molar-refractivity contribution in [1.29, 1.82) is 0 Å². The van der Waals surface area contributed by atoms with Gasteiger partial charge in [0.05, 0.1) is 13.2 Å². The Balaban J connectivity index is 2.50. The van der Waals surface area contributed by atoms with Gasteiger partial charge in [0.2, 0.25) is 0 Å². The first-order chi connectivity index (χ1) is 10.6. The van der Waals surface area contributed by atoms with Crippen molar-refractivity contribution >= 4 is 12.1 Å². The molecule has 0 atom stereocenters. The Bertz CT molecular complexity index is 392. The molecular weight excluding hydrogens is 294 g/mol. The van der Waals surface area contributed by atoms with Crippen LogP contribution in [0.3, 0.4) is 0 Å². The van der Waals surface area contributed by atoms with Gasteiger partial charge in [-0.05, 0) is 37.0 Å². The molecule has 1 saturated carbocycles. The van der Waals surface area contributed by atoms with Crippen molar-refractivity contribution in [2.45, 2.75) is 78.7 Å². The average molecular weight is 327 g/mol. The minimum atomic E-state index is -0.896. The van der Waals surface area contributed by atoms with Crippen LogP contribution < -0.4 is 5.32 Å². The summed E-state index contributed by atoms with van der Waals surface area (Å²) in [5.74, 6) is 0.283. The SMILES string of the molecule is CC(C)CCCOC(=O)C1(NC(=O)OCC(C)(C)C)CCCC1. The fourth-order valence-electron chi connectivity index (χ4n) is 2.67. The summed E-state index contributed by atoms with van der Waals surface area (Å²) < 4.78 is 10.7. The second kappa shape index (κ2) is 8.55. The Labute approximate surface area is 140 Å². The highest BCUT2D eigenvalue weighted by molar-refractivity contribution is 5.86. The van der Waals surface area contributed by atoms with Crippen molar-refractivity contribution < 1.29 is 19.1 Å². The van der Waals surface area contributed by atoms with E-state index in [-0.39, 0.29) is 11.4 Å². The van der Waals surface area contributed by atoms with E-state index in [1.807, 2.05) is 20.8 Å². The van der Waals surface area contributed by atoms with Gasteiger partial charge in [0.1, 0.15) is 5.54 Å². The number of hydrogen-bond donors (Lipinski definition) is 1. The van der Waals surface area contributed by atoms with E-state index in [4.69, 9.17) is 9.47 Å². The van der Waals surface area contributed by atoms with Crippen LogP contribution in [0.1, 0.15) is 73.1 Å². The maximum Gasteiger partial charge on any atom is 0.408 e. The first-order valence-electron chi connectivity index (χ1n) is 8.77. The Hall–Kier alpha value is -1.26. The predicted octanol–water partition coefficient (Wildman–Crippen LogP) is 4.05. The molecule has 1 aliphatic carbocycles. The van der Waals surface area contributed by atoms with Gasteiger partial charge < -0.3 is 14.8 Å². The molecule has 23 heavy (non-hydrogen) atoms. The van der Waals surface area contributed by atoms with Crippen LogP contribution in [-0.2, 0) is 14.3 Å². The summed E-state index contributed by atoms with van der Waals surface area (Å²) in [6.07, 6.45) is 4.44. The van der Waals surface area contributed by atoms with Gasteiger partial charge in [-0.15, -0.1) is 0 Å². The molecule has 0 aliphatic heterocycles. The summed E-state index contributed by atoms with van der Waals surface area (Å²) in [4.78, 5) is 24.5. The smallest absolute Gasteiger partial charge is 0.408 e. The second-order valence-corrected chi connectivity index (χ2v) is 8.22. The zero-order valence-corrected chi connectivity index (χ0v) is 15.4. The highest BCUT2D eigenvalue weighted by atomic mass is 16.6. The molecule has 1 N–H and O–H groups in total. The molecule has 0 aromatic carbocycles. The van der Waals surface area contributed by atoms with Crippen LogP contribution in [-0.4, -0.2) is 30.8 Å². The number of alkyl carbamates (subject to hydrolysis) is 1. The van der Waals surface area contributed by atoms with Gasteiger partial charge in [0.15, 0.2) is 0 Å². The van der Waals surface area contributed by atoms with Crippen molar-refractivity contribution in [3.63, 3.8) is 0 Å². The molecule has 0 aromatic rings. The van der Waals surface area contributed by atoms with Crippen molar-refractivity contribution in [1.82, 2.24) is 5.32 Å². The van der Waals surface area contributed by atoms with Gasteiger partial charge in [0, 0.05) is 0 Å². The number of hydrogen-bond acceptors (Lipinski definition) is 4. The standard InChI is InChI=1S/C18H33NO4/c1-14(2)9-8-12-22-15(20)18(10-6-7-11-18)19-16(21)23-13-17(3,4)5/h14H,6-13H2,1-5H3,(H,19,21). The number of carbonyl (C=O) groups is 2. The van der Waals surface area contributed by atoms with E-state index >= 15 is 0 Å². The molecule has 5 nitrogen and oxygen atoms in total. The fourth-order valence-corrected chi connectivity index (χ4v) is 2.67. The van der Waals surface area contributed by atoms with Gasteiger partial charge in [-0.3, -0.25) is 0 Å². The number of amides is 1. The van der Waals surface area contributed by atoms with Gasteiger partial charge in [-0.25, -0.2) is 9.59 Å². The summed E-state index contributed by atoms with van der Waals surface area (Å²) in [6, 6.07) is 0. The Morgan fingerprint density at radius 2 is 1.74 bits per heavy atom. The van der Waals surface area contributed by atoms with Gasteiger partial charge in [-0.2, -0.15) is 0 Å². The molecule has 1 aliphatic rings. The molecule has 0 saturated heterocycles. The minimum absolute atomic E-state index is 0.0997. The molecule has 0 bridgehead atoms. The van der Waals surface area contributed by atoms with Crippen LogP contribution in [0.5, 0.6) is 0 Å². The van der Waals surface area contributed by atoms with Crippen LogP contribution in [0.4, 0.5) is 4.79 Å². The molecule has 0 unspecified atom stereocenters. The van der Waals surface area contributed by atoms with E-state index in [2.05, 4.69) is 19.2 Å². The zero-order chi connectivity index (χ0) is 17.5.